The Balaban J connectivity index is 2.55. The van der Waals surface area contributed by atoms with Gasteiger partial charge in [0.2, 0.25) is 0 Å². The molecular weight excluding hydrogens is 231 g/mol. The zero-order chi connectivity index (χ0) is 13.1. The maximum Gasteiger partial charge on any atom is 0.165 e. The number of Topliss-reactive ketones (excluding diaryl/α,β-unsaturated/α-hetero) is 1. The van der Waals surface area contributed by atoms with Gasteiger partial charge >= 0.3 is 0 Å². The normalized spacial score (nSPS) is 10.2. The summed E-state index contributed by atoms with van der Waals surface area (Å²) in [5.74, 6) is -0.283. The molecule has 0 amide bonds. The smallest absolute Gasteiger partial charge is 0.165 e. The summed E-state index contributed by atoms with van der Waals surface area (Å²) >= 11 is 0. The van der Waals surface area contributed by atoms with E-state index in [9.17, 15) is 9.18 Å². The molecule has 0 aliphatic heterocycles. The fraction of sp³-hybridized carbons (Fsp3) is 0.133. The summed E-state index contributed by atoms with van der Waals surface area (Å²) < 4.78 is 18.5. The first-order chi connectivity index (χ1) is 8.63. The van der Waals surface area contributed by atoms with Crippen molar-refractivity contribution in [2.24, 2.45) is 0 Å². The number of hydrogen-bond donors (Lipinski definition) is 0. The van der Waals surface area contributed by atoms with Crippen LogP contribution in [0.15, 0.2) is 42.5 Å². The van der Waals surface area contributed by atoms with Crippen molar-refractivity contribution in [3.05, 3.63) is 53.8 Å². The zero-order valence-corrected chi connectivity index (χ0v) is 10.2. The van der Waals surface area contributed by atoms with E-state index in [-0.39, 0.29) is 11.5 Å². The van der Waals surface area contributed by atoms with E-state index >= 15 is 0 Å². The molecule has 0 atom stereocenters. The van der Waals surface area contributed by atoms with Gasteiger partial charge in [-0.25, -0.2) is 4.39 Å². The number of carbonyl (C=O) groups is 1. The molecule has 0 radical (unpaired) electrons. The fourth-order valence-electron chi connectivity index (χ4n) is 1.88. The van der Waals surface area contributed by atoms with Crippen LogP contribution in [0.4, 0.5) is 4.39 Å². The van der Waals surface area contributed by atoms with E-state index in [4.69, 9.17) is 4.74 Å². The van der Waals surface area contributed by atoms with Crippen molar-refractivity contribution in [3.63, 3.8) is 0 Å². The van der Waals surface area contributed by atoms with Crippen molar-refractivity contribution in [2.45, 2.75) is 6.92 Å². The van der Waals surface area contributed by atoms with Crippen molar-refractivity contribution >= 4 is 5.78 Å². The summed E-state index contributed by atoms with van der Waals surface area (Å²) in [7, 11) is 1.42. The van der Waals surface area contributed by atoms with Crippen LogP contribution in [-0.4, -0.2) is 12.9 Å². The summed E-state index contributed by atoms with van der Waals surface area (Å²) in [5.41, 5.74) is 1.98. The molecule has 0 N–H and O–H groups in total. The molecule has 2 aromatic rings. The maximum atomic E-state index is 13.7. The van der Waals surface area contributed by atoms with Crippen molar-refractivity contribution in [2.75, 3.05) is 7.11 Å². The van der Waals surface area contributed by atoms with Gasteiger partial charge in [0.05, 0.1) is 7.11 Å². The molecule has 18 heavy (non-hydrogen) atoms. The lowest BCUT2D eigenvalue weighted by atomic mass is 9.97. The Morgan fingerprint density at radius 3 is 2.50 bits per heavy atom. The van der Waals surface area contributed by atoms with E-state index in [0.717, 1.165) is 5.56 Å². The molecule has 2 aromatic carbocycles. The van der Waals surface area contributed by atoms with Gasteiger partial charge in [-0.15, -0.1) is 0 Å². The predicted octanol–water partition coefficient (Wildman–Crippen LogP) is 3.70. The first kappa shape index (κ1) is 12.3. The van der Waals surface area contributed by atoms with E-state index in [0.29, 0.717) is 11.1 Å². The fourth-order valence-corrected chi connectivity index (χ4v) is 1.88. The van der Waals surface area contributed by atoms with Gasteiger partial charge in [-0.2, -0.15) is 0 Å². The van der Waals surface area contributed by atoms with Gasteiger partial charge < -0.3 is 4.74 Å². The summed E-state index contributed by atoms with van der Waals surface area (Å²) in [6.07, 6.45) is 0. The van der Waals surface area contributed by atoms with Crippen LogP contribution >= 0.6 is 0 Å². The van der Waals surface area contributed by atoms with Gasteiger partial charge in [-0.1, -0.05) is 30.3 Å². The van der Waals surface area contributed by atoms with Crippen LogP contribution in [0.3, 0.4) is 0 Å². The first-order valence-corrected chi connectivity index (χ1v) is 5.57. The third-order valence-corrected chi connectivity index (χ3v) is 2.77. The average molecular weight is 244 g/mol. The Morgan fingerprint density at radius 1 is 1.17 bits per heavy atom. The van der Waals surface area contributed by atoms with E-state index in [2.05, 4.69) is 0 Å². The first-order valence-electron chi connectivity index (χ1n) is 5.57. The largest absolute Gasteiger partial charge is 0.494 e. The van der Waals surface area contributed by atoms with Gasteiger partial charge in [0.25, 0.3) is 0 Å². The van der Waals surface area contributed by atoms with E-state index < -0.39 is 5.82 Å². The average Bonchev–Trinajstić information content (AvgIpc) is 2.38. The van der Waals surface area contributed by atoms with Gasteiger partial charge in [-0.05, 0) is 30.2 Å². The molecule has 92 valence electrons. The lowest BCUT2D eigenvalue weighted by molar-refractivity contribution is 0.101. The molecule has 0 aromatic heterocycles. The van der Waals surface area contributed by atoms with Crippen LogP contribution < -0.4 is 4.74 Å². The Morgan fingerprint density at radius 2 is 1.89 bits per heavy atom. The number of carbonyl (C=O) groups excluding carboxylic acids is 1. The van der Waals surface area contributed by atoms with E-state index in [1.54, 1.807) is 30.3 Å². The number of benzene rings is 2. The summed E-state index contributed by atoms with van der Waals surface area (Å²) in [5, 5.41) is 0. The highest BCUT2D eigenvalue weighted by Gasteiger charge is 2.10. The highest BCUT2D eigenvalue weighted by molar-refractivity contribution is 6.00. The second-order valence-corrected chi connectivity index (χ2v) is 3.95. The molecule has 0 bridgehead atoms. The van der Waals surface area contributed by atoms with Crippen molar-refractivity contribution < 1.29 is 13.9 Å². The number of halogens is 1. The minimum absolute atomic E-state index is 0.0400. The number of ether oxygens (including phenoxy) is 1. The SMILES string of the molecule is COc1ccc(-c2ccccc2C(C)=O)cc1F. The molecule has 3 heteroatoms. The molecule has 0 aliphatic carbocycles. The van der Waals surface area contributed by atoms with E-state index in [1.165, 1.54) is 20.1 Å². The summed E-state index contributed by atoms with van der Waals surface area (Å²) in [6, 6.07) is 11.8. The third-order valence-electron chi connectivity index (χ3n) is 2.77. The maximum absolute atomic E-state index is 13.7. The lowest BCUT2D eigenvalue weighted by Crippen LogP contribution is -1.96. The Hall–Kier alpha value is -2.16. The minimum Gasteiger partial charge on any atom is -0.494 e. The molecule has 0 fully saturated rings. The Bertz CT molecular complexity index is 591. The van der Waals surface area contributed by atoms with Crippen molar-refractivity contribution in [3.8, 4) is 16.9 Å². The molecule has 0 saturated carbocycles. The highest BCUT2D eigenvalue weighted by Crippen LogP contribution is 2.28. The van der Waals surface area contributed by atoms with E-state index in [1.807, 2.05) is 6.07 Å². The zero-order valence-electron chi connectivity index (χ0n) is 10.2. The number of rotatable bonds is 3. The second kappa shape index (κ2) is 5.00. The Kier molecular flexibility index (Phi) is 3.42. The van der Waals surface area contributed by atoms with Gasteiger partial charge in [-0.3, -0.25) is 4.79 Å². The number of hydrogen-bond acceptors (Lipinski definition) is 2. The van der Waals surface area contributed by atoms with Gasteiger partial charge in [0, 0.05) is 5.56 Å². The topological polar surface area (TPSA) is 26.3 Å². The standard InChI is InChI=1S/C15H13FO2/c1-10(17)12-5-3-4-6-13(12)11-7-8-15(18-2)14(16)9-11/h3-9H,1-2H3. The second-order valence-electron chi connectivity index (χ2n) is 3.95. The van der Waals surface area contributed by atoms with Crippen LogP contribution in [-0.2, 0) is 0 Å². The molecule has 0 heterocycles. The molecule has 2 nitrogen and oxygen atoms in total. The Labute approximate surface area is 105 Å². The van der Waals surface area contributed by atoms with Crippen LogP contribution in [0.2, 0.25) is 0 Å². The predicted molar refractivity (Wildman–Crippen MR) is 68.4 cm³/mol. The summed E-state index contributed by atoms with van der Waals surface area (Å²) in [6.45, 7) is 1.50. The number of methoxy groups -OCH3 is 1. The van der Waals surface area contributed by atoms with Crippen molar-refractivity contribution in [1.82, 2.24) is 0 Å². The van der Waals surface area contributed by atoms with Crippen LogP contribution in [0.25, 0.3) is 11.1 Å². The van der Waals surface area contributed by atoms with Gasteiger partial charge in [0.1, 0.15) is 0 Å². The van der Waals surface area contributed by atoms with Gasteiger partial charge in [0.15, 0.2) is 17.3 Å². The minimum atomic E-state index is -0.437. The van der Waals surface area contributed by atoms with Crippen LogP contribution in [0.5, 0.6) is 5.75 Å². The van der Waals surface area contributed by atoms with Crippen molar-refractivity contribution in [1.29, 1.82) is 0 Å². The number of ketones is 1. The monoisotopic (exact) mass is 244 g/mol. The molecule has 0 unspecified atom stereocenters. The lowest BCUT2D eigenvalue weighted by Gasteiger charge is -2.08. The van der Waals surface area contributed by atoms with Crippen LogP contribution in [0, 0.1) is 5.82 Å². The molecule has 0 spiro atoms. The quantitative estimate of drug-likeness (QED) is 0.769. The summed E-state index contributed by atoms with van der Waals surface area (Å²) in [4.78, 5) is 11.5. The molecular formula is C15H13FO2. The molecule has 2 rings (SSSR count). The highest BCUT2D eigenvalue weighted by atomic mass is 19.1. The third kappa shape index (κ3) is 2.25. The van der Waals surface area contributed by atoms with Crippen LogP contribution in [0.1, 0.15) is 17.3 Å². The molecule has 0 aliphatic rings. The molecule has 0 saturated heterocycles.